The Balaban J connectivity index is 2.07. The molecule has 0 amide bonds. The van der Waals surface area contributed by atoms with Crippen LogP contribution in [0.25, 0.3) is 0 Å². The number of nitrogens with zero attached hydrogens (tertiary/aromatic N) is 2. The fourth-order valence-electron chi connectivity index (χ4n) is 1.49. The summed E-state index contributed by atoms with van der Waals surface area (Å²) in [6, 6.07) is 9.23. The zero-order valence-corrected chi connectivity index (χ0v) is 10.2. The molecule has 0 atom stereocenters. The van der Waals surface area contributed by atoms with E-state index in [1.165, 1.54) is 0 Å². The van der Waals surface area contributed by atoms with Crippen LogP contribution in [-0.2, 0) is 6.54 Å². The van der Waals surface area contributed by atoms with Crippen LogP contribution in [0, 0.1) is 6.92 Å². The molecule has 3 N–H and O–H groups in total. The van der Waals surface area contributed by atoms with E-state index in [1.54, 1.807) is 12.1 Å². The second-order valence-electron chi connectivity index (χ2n) is 3.73. The highest BCUT2D eigenvalue weighted by atomic mass is 35.5. The van der Waals surface area contributed by atoms with Crippen LogP contribution in [0.2, 0.25) is 5.15 Å². The molecule has 2 rings (SSSR count). The third kappa shape index (κ3) is 3.32. The zero-order valence-electron chi connectivity index (χ0n) is 9.44. The van der Waals surface area contributed by atoms with Gasteiger partial charge in [-0.05, 0) is 25.1 Å². The number of hydrogen-bond acceptors (Lipinski definition) is 4. The minimum absolute atomic E-state index is 0.379. The number of hydrogen-bond donors (Lipinski definition) is 2. The van der Waals surface area contributed by atoms with Crippen LogP contribution >= 0.6 is 11.6 Å². The van der Waals surface area contributed by atoms with Crippen LogP contribution in [0.4, 0.5) is 11.5 Å². The lowest BCUT2D eigenvalue weighted by Gasteiger charge is -2.06. The highest BCUT2D eigenvalue weighted by Gasteiger charge is 2.00. The average Bonchev–Trinajstić information content (AvgIpc) is 2.25. The van der Waals surface area contributed by atoms with Gasteiger partial charge in [-0.25, -0.2) is 4.98 Å². The molecule has 0 saturated heterocycles. The monoisotopic (exact) mass is 248 g/mol. The van der Waals surface area contributed by atoms with Crippen molar-refractivity contribution in [2.45, 2.75) is 13.5 Å². The highest BCUT2D eigenvalue weighted by molar-refractivity contribution is 6.29. The van der Waals surface area contributed by atoms with Crippen molar-refractivity contribution in [1.29, 1.82) is 0 Å². The summed E-state index contributed by atoms with van der Waals surface area (Å²) in [7, 11) is 0. The van der Waals surface area contributed by atoms with Crippen LogP contribution in [0.5, 0.6) is 0 Å². The van der Waals surface area contributed by atoms with Gasteiger partial charge in [0.15, 0.2) is 0 Å². The van der Waals surface area contributed by atoms with Gasteiger partial charge in [0.05, 0.1) is 12.2 Å². The van der Waals surface area contributed by atoms with Crippen molar-refractivity contribution in [1.82, 2.24) is 9.97 Å². The minimum Gasteiger partial charge on any atom is -0.399 e. The second kappa shape index (κ2) is 5.01. The maximum absolute atomic E-state index is 5.81. The molecule has 0 aromatic carbocycles. The molecule has 5 heteroatoms. The number of anilines is 2. The zero-order chi connectivity index (χ0) is 12.3. The number of pyridine rings is 2. The summed E-state index contributed by atoms with van der Waals surface area (Å²) in [6.07, 6.45) is 0. The van der Waals surface area contributed by atoms with Crippen LogP contribution in [0.3, 0.4) is 0 Å². The van der Waals surface area contributed by atoms with Gasteiger partial charge in [0, 0.05) is 17.4 Å². The predicted octanol–water partition coefficient (Wildman–Crippen LogP) is 2.63. The van der Waals surface area contributed by atoms with Gasteiger partial charge < -0.3 is 11.1 Å². The molecule has 0 saturated carbocycles. The number of nitrogens with two attached hydrogens (primary N) is 1. The van der Waals surface area contributed by atoms with E-state index in [4.69, 9.17) is 17.3 Å². The molecule has 0 spiro atoms. The van der Waals surface area contributed by atoms with Crippen molar-refractivity contribution in [2.75, 3.05) is 11.1 Å². The van der Waals surface area contributed by atoms with Gasteiger partial charge in [-0.15, -0.1) is 0 Å². The standard InChI is InChI=1S/C12H13ClN4/c1-8-3-2-4-10(16-8)7-15-12-6-9(14)5-11(13)17-12/h2-6H,7H2,1H3,(H3,14,15,17). The Morgan fingerprint density at radius 3 is 2.82 bits per heavy atom. The maximum atomic E-state index is 5.81. The molecule has 0 aliphatic carbocycles. The van der Waals surface area contributed by atoms with Gasteiger partial charge in [0.1, 0.15) is 11.0 Å². The molecule has 0 unspecified atom stereocenters. The van der Waals surface area contributed by atoms with E-state index in [2.05, 4.69) is 15.3 Å². The molecule has 0 aliphatic heterocycles. The van der Waals surface area contributed by atoms with E-state index in [0.717, 1.165) is 11.4 Å². The minimum atomic E-state index is 0.379. The van der Waals surface area contributed by atoms with E-state index in [-0.39, 0.29) is 0 Å². The SMILES string of the molecule is Cc1cccc(CNc2cc(N)cc(Cl)n2)n1. The number of nitrogens with one attached hydrogen (secondary N) is 1. The van der Waals surface area contributed by atoms with Gasteiger partial charge in [-0.3, -0.25) is 4.98 Å². The first-order valence-electron chi connectivity index (χ1n) is 5.23. The highest BCUT2D eigenvalue weighted by Crippen LogP contribution is 2.16. The summed E-state index contributed by atoms with van der Waals surface area (Å²) >= 11 is 5.81. The maximum Gasteiger partial charge on any atom is 0.133 e. The number of aryl methyl sites for hydroxylation is 1. The van der Waals surface area contributed by atoms with Gasteiger partial charge in [0.25, 0.3) is 0 Å². The largest absolute Gasteiger partial charge is 0.399 e. The summed E-state index contributed by atoms with van der Waals surface area (Å²) in [5.41, 5.74) is 8.20. The van der Waals surface area contributed by atoms with Gasteiger partial charge >= 0.3 is 0 Å². The molecule has 0 fully saturated rings. The lowest BCUT2D eigenvalue weighted by Crippen LogP contribution is -2.04. The number of halogens is 1. The van der Waals surface area contributed by atoms with E-state index in [1.807, 2.05) is 25.1 Å². The van der Waals surface area contributed by atoms with Crippen LogP contribution in [0.15, 0.2) is 30.3 Å². The molecule has 88 valence electrons. The van der Waals surface area contributed by atoms with Crippen LogP contribution in [-0.4, -0.2) is 9.97 Å². The Morgan fingerprint density at radius 1 is 1.29 bits per heavy atom. The summed E-state index contributed by atoms with van der Waals surface area (Å²) in [5, 5.41) is 3.51. The number of rotatable bonds is 3. The smallest absolute Gasteiger partial charge is 0.133 e. The Morgan fingerprint density at radius 2 is 2.12 bits per heavy atom. The van der Waals surface area contributed by atoms with E-state index < -0.39 is 0 Å². The van der Waals surface area contributed by atoms with Gasteiger partial charge in [-0.1, -0.05) is 17.7 Å². The Hall–Kier alpha value is -1.81. The lowest BCUT2D eigenvalue weighted by molar-refractivity contribution is 1.00. The molecule has 0 radical (unpaired) electrons. The molecule has 0 aliphatic rings. The van der Waals surface area contributed by atoms with Crippen molar-refractivity contribution < 1.29 is 0 Å². The Labute approximate surface area is 105 Å². The first-order valence-corrected chi connectivity index (χ1v) is 5.61. The lowest BCUT2D eigenvalue weighted by atomic mass is 10.3. The summed E-state index contributed by atoms with van der Waals surface area (Å²) in [6.45, 7) is 2.55. The molecule has 2 aromatic heterocycles. The molecular formula is C12H13ClN4. The molecule has 2 heterocycles. The fourth-order valence-corrected chi connectivity index (χ4v) is 1.70. The molecule has 0 bridgehead atoms. The normalized spacial score (nSPS) is 10.2. The molecule has 4 nitrogen and oxygen atoms in total. The van der Waals surface area contributed by atoms with Crippen LogP contribution < -0.4 is 11.1 Å². The number of aromatic nitrogens is 2. The summed E-state index contributed by atoms with van der Waals surface area (Å²) in [4.78, 5) is 8.50. The van der Waals surface area contributed by atoms with E-state index in [0.29, 0.717) is 23.2 Å². The fraction of sp³-hybridized carbons (Fsp3) is 0.167. The van der Waals surface area contributed by atoms with Gasteiger partial charge in [0.2, 0.25) is 0 Å². The average molecular weight is 249 g/mol. The van der Waals surface area contributed by atoms with Crippen LogP contribution in [0.1, 0.15) is 11.4 Å². The van der Waals surface area contributed by atoms with Crippen molar-refractivity contribution in [2.24, 2.45) is 0 Å². The predicted molar refractivity (Wildman–Crippen MR) is 70.0 cm³/mol. The van der Waals surface area contributed by atoms with Crippen molar-refractivity contribution in [3.8, 4) is 0 Å². The Kier molecular flexibility index (Phi) is 3.44. The topological polar surface area (TPSA) is 63.8 Å². The third-order valence-electron chi connectivity index (χ3n) is 2.21. The molecular weight excluding hydrogens is 236 g/mol. The number of nitrogen functional groups attached to an aromatic ring is 1. The van der Waals surface area contributed by atoms with Crippen molar-refractivity contribution in [3.63, 3.8) is 0 Å². The van der Waals surface area contributed by atoms with E-state index >= 15 is 0 Å². The first-order chi connectivity index (χ1) is 8.13. The van der Waals surface area contributed by atoms with Crippen molar-refractivity contribution >= 4 is 23.1 Å². The summed E-state index contributed by atoms with van der Waals surface area (Å²) in [5.74, 6) is 0.651. The molecule has 17 heavy (non-hydrogen) atoms. The first kappa shape index (κ1) is 11.7. The third-order valence-corrected chi connectivity index (χ3v) is 2.41. The second-order valence-corrected chi connectivity index (χ2v) is 4.12. The van der Waals surface area contributed by atoms with E-state index in [9.17, 15) is 0 Å². The quantitative estimate of drug-likeness (QED) is 0.820. The molecule has 2 aromatic rings. The van der Waals surface area contributed by atoms with Crippen molar-refractivity contribution in [3.05, 3.63) is 46.9 Å². The Bertz CT molecular complexity index is 507. The summed E-state index contributed by atoms with van der Waals surface area (Å²) < 4.78 is 0. The van der Waals surface area contributed by atoms with Gasteiger partial charge in [-0.2, -0.15) is 0 Å².